The molecule has 0 aromatic heterocycles. The number of hydrogen-bond donors (Lipinski definition) is 0. The number of ether oxygens (including phenoxy) is 3. The molecule has 7 unspecified atom stereocenters. The Morgan fingerprint density at radius 2 is 1.41 bits per heavy atom. The minimum absolute atomic E-state index is 0.189. The van der Waals surface area contributed by atoms with E-state index < -0.39 is 6.29 Å². The van der Waals surface area contributed by atoms with Crippen LogP contribution in [0.1, 0.15) is 93.9 Å². The topological polar surface area (TPSA) is 44.8 Å². The molecule has 0 radical (unpaired) electrons. The Bertz CT molecular complexity index is 753. The van der Waals surface area contributed by atoms with Gasteiger partial charge in [0, 0.05) is 11.0 Å². The molecule has 32 heavy (non-hydrogen) atoms. The van der Waals surface area contributed by atoms with Gasteiger partial charge in [0.05, 0.1) is 12.4 Å². The molecule has 4 bridgehead atoms. The van der Waals surface area contributed by atoms with E-state index in [9.17, 15) is 4.79 Å². The maximum Gasteiger partial charge on any atom is 0.335 e. The first-order valence-electron chi connectivity index (χ1n) is 12.5. The van der Waals surface area contributed by atoms with E-state index in [4.69, 9.17) is 14.2 Å². The molecule has 0 spiro atoms. The quantitative estimate of drug-likeness (QED) is 0.190. The number of hydrogen-bond acceptors (Lipinski definition) is 4. The van der Waals surface area contributed by atoms with Gasteiger partial charge in [0.15, 0.2) is 0 Å². The summed E-state index contributed by atoms with van der Waals surface area (Å²) >= 11 is 0. The van der Waals surface area contributed by atoms with E-state index in [2.05, 4.69) is 54.7 Å². The van der Waals surface area contributed by atoms with Crippen molar-refractivity contribution < 1.29 is 19.0 Å². The highest BCUT2D eigenvalue weighted by Gasteiger charge is 2.63. The fourth-order valence-electron chi connectivity index (χ4n) is 7.30. The standard InChI is InChI=1S/C16H26O3.C12H20O/c1-10(2)14(17)19-11(3)18-13-9-12-7-8-16(13,6)15(12,4)5;1-5-13-10-8-9-6-7-12(10,4)11(9,2)3/h11-13H,1,7-9H2,2-6H3;5,9-10H,1,6-8H2,2-4H3. The molecular weight excluding hydrogens is 400 g/mol. The maximum atomic E-state index is 11.5. The van der Waals surface area contributed by atoms with Gasteiger partial charge < -0.3 is 14.2 Å². The average molecular weight is 447 g/mol. The molecule has 4 heteroatoms. The van der Waals surface area contributed by atoms with Crippen LogP contribution in [0.5, 0.6) is 0 Å². The Balaban J connectivity index is 0.000000193. The molecule has 4 aliphatic carbocycles. The lowest BCUT2D eigenvalue weighted by molar-refractivity contribution is -0.195. The summed E-state index contributed by atoms with van der Waals surface area (Å²) in [6.07, 6.45) is 9.25. The second-order valence-corrected chi connectivity index (χ2v) is 12.4. The third kappa shape index (κ3) is 3.85. The van der Waals surface area contributed by atoms with Crippen molar-refractivity contribution in [1.29, 1.82) is 0 Å². The van der Waals surface area contributed by atoms with Gasteiger partial charge in [0.25, 0.3) is 0 Å². The Morgan fingerprint density at radius 1 is 0.938 bits per heavy atom. The Morgan fingerprint density at radius 3 is 1.75 bits per heavy atom. The summed E-state index contributed by atoms with van der Waals surface area (Å²) < 4.78 is 16.9. The van der Waals surface area contributed by atoms with E-state index in [0.717, 1.165) is 18.3 Å². The monoisotopic (exact) mass is 446 g/mol. The van der Waals surface area contributed by atoms with Gasteiger partial charge in [-0.1, -0.05) is 54.7 Å². The van der Waals surface area contributed by atoms with E-state index in [1.807, 2.05) is 0 Å². The molecule has 4 rings (SSSR count). The van der Waals surface area contributed by atoms with Crippen LogP contribution >= 0.6 is 0 Å². The third-order valence-corrected chi connectivity index (χ3v) is 10.7. The number of esters is 1. The summed E-state index contributed by atoms with van der Waals surface area (Å²) in [4.78, 5) is 11.5. The van der Waals surface area contributed by atoms with Crippen LogP contribution < -0.4 is 0 Å². The van der Waals surface area contributed by atoms with E-state index in [-0.39, 0.29) is 17.5 Å². The normalized spacial score (nSPS) is 40.9. The molecular formula is C28H46O4. The molecule has 0 saturated heterocycles. The predicted molar refractivity (Wildman–Crippen MR) is 129 cm³/mol. The molecule has 0 N–H and O–H groups in total. The molecule has 0 aromatic rings. The fraction of sp³-hybridized carbons (Fsp3) is 0.821. The Hall–Kier alpha value is -1.29. The van der Waals surface area contributed by atoms with Crippen LogP contribution in [-0.2, 0) is 19.0 Å². The zero-order valence-electron chi connectivity index (χ0n) is 21.8. The smallest absolute Gasteiger partial charge is 0.335 e. The summed E-state index contributed by atoms with van der Waals surface area (Å²) in [5.74, 6) is 1.22. The van der Waals surface area contributed by atoms with Crippen LogP contribution in [0.4, 0.5) is 0 Å². The van der Waals surface area contributed by atoms with E-state index in [0.29, 0.717) is 27.9 Å². The summed E-state index contributed by atoms with van der Waals surface area (Å²) in [6, 6.07) is 0. The third-order valence-electron chi connectivity index (χ3n) is 10.7. The SMILES string of the molecule is C=C(C)C(=O)OC(C)OC1CC2CCC1(C)C2(C)C.C=COC1CC2CCC1(C)C2(C)C. The zero-order chi connectivity index (χ0) is 24.1. The van der Waals surface area contributed by atoms with E-state index in [1.54, 1.807) is 20.1 Å². The summed E-state index contributed by atoms with van der Waals surface area (Å²) in [5.41, 5.74) is 1.76. The van der Waals surface area contributed by atoms with E-state index >= 15 is 0 Å². The second-order valence-electron chi connectivity index (χ2n) is 12.4. The lowest BCUT2D eigenvalue weighted by Gasteiger charge is -2.39. The van der Waals surface area contributed by atoms with Crippen LogP contribution in [0.15, 0.2) is 25.0 Å². The summed E-state index contributed by atoms with van der Waals surface area (Å²) in [6.45, 7) is 24.9. The first kappa shape index (κ1) is 25.3. The van der Waals surface area contributed by atoms with Crippen molar-refractivity contribution in [1.82, 2.24) is 0 Å². The van der Waals surface area contributed by atoms with Crippen molar-refractivity contribution in [3.05, 3.63) is 25.0 Å². The molecule has 0 aromatic carbocycles. The molecule has 7 atom stereocenters. The Labute approximate surface area is 196 Å². The van der Waals surface area contributed by atoms with E-state index in [1.165, 1.54) is 32.1 Å². The van der Waals surface area contributed by atoms with Crippen LogP contribution in [0, 0.1) is 33.5 Å². The molecule has 4 nitrogen and oxygen atoms in total. The lowest BCUT2D eigenvalue weighted by atomic mass is 9.70. The van der Waals surface area contributed by atoms with Crippen molar-refractivity contribution in [3.63, 3.8) is 0 Å². The fourth-order valence-corrected chi connectivity index (χ4v) is 7.30. The first-order chi connectivity index (χ1) is 14.7. The van der Waals surface area contributed by atoms with Crippen molar-refractivity contribution in [2.24, 2.45) is 33.5 Å². The molecule has 4 saturated carbocycles. The molecule has 0 amide bonds. The first-order valence-corrected chi connectivity index (χ1v) is 12.5. The highest BCUT2D eigenvalue weighted by molar-refractivity contribution is 5.86. The van der Waals surface area contributed by atoms with Gasteiger partial charge in [-0.05, 0) is 80.5 Å². The number of carbonyl (C=O) groups excluding carboxylic acids is 1. The highest BCUT2D eigenvalue weighted by atomic mass is 16.7. The number of rotatable bonds is 6. The second kappa shape index (κ2) is 8.49. The van der Waals surface area contributed by atoms with Crippen molar-refractivity contribution in [2.45, 2.75) is 112 Å². The molecule has 182 valence electrons. The zero-order valence-corrected chi connectivity index (χ0v) is 21.8. The van der Waals surface area contributed by atoms with Crippen LogP contribution in [-0.4, -0.2) is 24.5 Å². The van der Waals surface area contributed by atoms with Gasteiger partial charge in [-0.15, -0.1) is 0 Å². The number of fused-ring (bicyclic) bond motifs is 4. The molecule has 4 fully saturated rings. The summed E-state index contributed by atoms with van der Waals surface area (Å²) in [5, 5.41) is 0. The van der Waals surface area contributed by atoms with Gasteiger partial charge >= 0.3 is 5.97 Å². The van der Waals surface area contributed by atoms with Crippen LogP contribution in [0.2, 0.25) is 0 Å². The van der Waals surface area contributed by atoms with Crippen molar-refractivity contribution >= 4 is 5.97 Å². The van der Waals surface area contributed by atoms with Crippen LogP contribution in [0.25, 0.3) is 0 Å². The maximum absolute atomic E-state index is 11.5. The lowest BCUT2D eigenvalue weighted by Crippen LogP contribution is -2.39. The van der Waals surface area contributed by atoms with Gasteiger partial charge in [-0.3, -0.25) is 0 Å². The minimum Gasteiger partial charge on any atom is -0.498 e. The van der Waals surface area contributed by atoms with Gasteiger partial charge in [-0.25, -0.2) is 4.79 Å². The van der Waals surface area contributed by atoms with Gasteiger partial charge in [0.2, 0.25) is 6.29 Å². The Kier molecular flexibility index (Phi) is 6.72. The van der Waals surface area contributed by atoms with Gasteiger partial charge in [-0.2, -0.15) is 0 Å². The summed E-state index contributed by atoms with van der Waals surface area (Å²) in [7, 11) is 0. The average Bonchev–Trinajstić information content (AvgIpc) is 3.20. The van der Waals surface area contributed by atoms with Crippen LogP contribution in [0.3, 0.4) is 0 Å². The largest absolute Gasteiger partial charge is 0.498 e. The molecule has 0 heterocycles. The highest BCUT2D eigenvalue weighted by Crippen LogP contribution is 2.67. The number of carbonyl (C=O) groups is 1. The molecule has 0 aliphatic heterocycles. The minimum atomic E-state index is -0.499. The van der Waals surface area contributed by atoms with Crippen molar-refractivity contribution in [2.75, 3.05) is 0 Å². The predicted octanol–water partition coefficient (Wildman–Crippen LogP) is 7.04. The molecule has 4 aliphatic rings. The van der Waals surface area contributed by atoms with Crippen molar-refractivity contribution in [3.8, 4) is 0 Å². The van der Waals surface area contributed by atoms with Gasteiger partial charge in [0.1, 0.15) is 6.10 Å².